The number of halogens is 1. The number of fused-ring (bicyclic) bond motifs is 1. The van der Waals surface area contributed by atoms with Gasteiger partial charge in [0.1, 0.15) is 0 Å². The molecule has 2 amide bonds. The molecule has 1 aliphatic heterocycles. The molecule has 0 atom stereocenters. The van der Waals surface area contributed by atoms with Gasteiger partial charge in [-0.2, -0.15) is 0 Å². The average molecular weight is 603 g/mol. The van der Waals surface area contributed by atoms with Crippen LogP contribution in [0.2, 0.25) is 0 Å². The zero-order valence-corrected chi connectivity index (χ0v) is 22.1. The molecule has 7 nitrogen and oxygen atoms in total. The average Bonchev–Trinajstić information content (AvgIpc) is 3.11. The molecule has 180 valence electrons. The second kappa shape index (κ2) is 11.1. The van der Waals surface area contributed by atoms with Crippen LogP contribution in [0.5, 0.6) is 11.5 Å². The Morgan fingerprint density at radius 3 is 2.63 bits per heavy atom. The predicted molar refractivity (Wildman–Crippen MR) is 143 cm³/mol. The summed E-state index contributed by atoms with van der Waals surface area (Å²) in [6.07, 6.45) is 1.67. The molecule has 0 N–H and O–H groups in total. The van der Waals surface area contributed by atoms with E-state index in [1.54, 1.807) is 18.2 Å². The molecule has 3 aromatic carbocycles. The number of thioether (sulfide) groups is 1. The first-order valence-electron chi connectivity index (χ1n) is 10.8. The predicted octanol–water partition coefficient (Wildman–Crippen LogP) is 5.63. The van der Waals surface area contributed by atoms with Crippen LogP contribution >= 0.6 is 34.4 Å². The van der Waals surface area contributed by atoms with Crippen molar-refractivity contribution in [1.29, 1.82) is 0 Å². The van der Waals surface area contributed by atoms with E-state index in [2.05, 4.69) is 27.3 Å². The Hall–Kier alpha value is -3.05. The number of esters is 1. The Labute approximate surface area is 220 Å². The summed E-state index contributed by atoms with van der Waals surface area (Å²) in [4.78, 5) is 39.0. The van der Waals surface area contributed by atoms with Gasteiger partial charge in [-0.05, 0) is 81.4 Å². The third-order valence-corrected chi connectivity index (χ3v) is 6.98. The van der Waals surface area contributed by atoms with Crippen molar-refractivity contribution in [1.82, 2.24) is 4.90 Å². The molecular formula is C26H22INO6S. The van der Waals surface area contributed by atoms with E-state index in [1.807, 2.05) is 49.4 Å². The van der Waals surface area contributed by atoms with Crippen molar-refractivity contribution in [2.45, 2.75) is 13.5 Å². The Morgan fingerprint density at radius 1 is 1.09 bits per heavy atom. The number of imide groups is 1. The van der Waals surface area contributed by atoms with E-state index < -0.39 is 5.97 Å². The van der Waals surface area contributed by atoms with Crippen LogP contribution in [-0.2, 0) is 20.9 Å². The van der Waals surface area contributed by atoms with Crippen molar-refractivity contribution in [3.8, 4) is 11.5 Å². The van der Waals surface area contributed by atoms with Crippen molar-refractivity contribution in [3.63, 3.8) is 0 Å². The largest absolute Gasteiger partial charge is 0.490 e. The molecule has 1 heterocycles. The van der Waals surface area contributed by atoms with Crippen molar-refractivity contribution >= 4 is 68.3 Å². The van der Waals surface area contributed by atoms with E-state index in [-0.39, 0.29) is 24.3 Å². The number of amides is 2. The van der Waals surface area contributed by atoms with Gasteiger partial charge >= 0.3 is 5.97 Å². The Kier molecular flexibility index (Phi) is 7.97. The van der Waals surface area contributed by atoms with Crippen molar-refractivity contribution in [2.24, 2.45) is 0 Å². The van der Waals surface area contributed by atoms with Crippen LogP contribution in [0.1, 0.15) is 18.1 Å². The van der Waals surface area contributed by atoms with Gasteiger partial charge in [0.15, 0.2) is 18.1 Å². The molecule has 1 saturated heterocycles. The minimum absolute atomic E-state index is 0.200. The maximum absolute atomic E-state index is 13.1. The van der Waals surface area contributed by atoms with Crippen LogP contribution < -0.4 is 9.47 Å². The summed E-state index contributed by atoms with van der Waals surface area (Å²) in [5.74, 6) is 0.00251. The van der Waals surface area contributed by atoms with Crippen LogP contribution in [0, 0.1) is 3.57 Å². The fourth-order valence-corrected chi connectivity index (χ4v) is 5.27. The maximum Gasteiger partial charge on any atom is 0.343 e. The first kappa shape index (κ1) is 25.1. The van der Waals surface area contributed by atoms with Gasteiger partial charge in [-0.3, -0.25) is 14.5 Å². The van der Waals surface area contributed by atoms with Gasteiger partial charge in [0, 0.05) is 0 Å². The number of ether oxygens (including phenoxy) is 3. The van der Waals surface area contributed by atoms with E-state index in [0.717, 1.165) is 28.1 Å². The lowest BCUT2D eigenvalue weighted by molar-refractivity contribution is -0.143. The standard InChI is InChI=1S/C26H22INO6S/c1-3-33-21-12-16(11-20(27)24(21)34-15-23(29)32-2)13-22-25(30)28(26(31)35-22)14-18-9-6-8-17-7-4-5-10-19(17)18/h4-13H,3,14-15H2,1-2H3/b22-13-. The fraction of sp³-hybridized carbons (Fsp3) is 0.192. The SMILES string of the molecule is CCOc1cc(/C=C2\SC(=O)N(Cc3cccc4ccccc34)C2=O)cc(I)c1OCC(=O)OC. The minimum Gasteiger partial charge on any atom is -0.490 e. The molecule has 1 aliphatic rings. The molecule has 1 fully saturated rings. The lowest BCUT2D eigenvalue weighted by Crippen LogP contribution is -2.27. The Bertz CT molecular complexity index is 1330. The lowest BCUT2D eigenvalue weighted by Gasteiger charge is -2.15. The first-order chi connectivity index (χ1) is 16.9. The molecule has 0 spiro atoms. The summed E-state index contributed by atoms with van der Waals surface area (Å²) in [6, 6.07) is 17.3. The number of rotatable bonds is 8. The third kappa shape index (κ3) is 5.62. The second-order valence-electron chi connectivity index (χ2n) is 7.53. The van der Waals surface area contributed by atoms with Crippen molar-refractivity contribution in [3.05, 3.63) is 74.2 Å². The highest BCUT2D eigenvalue weighted by atomic mass is 127. The number of hydrogen-bond donors (Lipinski definition) is 0. The summed E-state index contributed by atoms with van der Waals surface area (Å²) >= 11 is 2.99. The van der Waals surface area contributed by atoms with Gasteiger partial charge in [-0.25, -0.2) is 4.79 Å². The summed E-state index contributed by atoms with van der Waals surface area (Å²) in [5.41, 5.74) is 1.59. The smallest absolute Gasteiger partial charge is 0.343 e. The van der Waals surface area contributed by atoms with E-state index >= 15 is 0 Å². The molecule has 0 aromatic heterocycles. The van der Waals surface area contributed by atoms with Gasteiger partial charge < -0.3 is 14.2 Å². The van der Waals surface area contributed by atoms with E-state index in [1.165, 1.54) is 12.0 Å². The summed E-state index contributed by atoms with van der Waals surface area (Å²) in [5, 5.41) is 1.75. The zero-order chi connectivity index (χ0) is 24.9. The van der Waals surface area contributed by atoms with Gasteiger partial charge in [0.2, 0.25) is 0 Å². The second-order valence-corrected chi connectivity index (χ2v) is 9.69. The summed E-state index contributed by atoms with van der Waals surface area (Å²) in [7, 11) is 1.29. The molecule has 0 bridgehead atoms. The zero-order valence-electron chi connectivity index (χ0n) is 19.1. The van der Waals surface area contributed by atoms with E-state index in [4.69, 9.17) is 9.47 Å². The highest BCUT2D eigenvalue weighted by molar-refractivity contribution is 14.1. The third-order valence-electron chi connectivity index (χ3n) is 5.27. The normalized spacial score (nSPS) is 14.6. The molecule has 0 aliphatic carbocycles. The molecule has 0 radical (unpaired) electrons. The highest BCUT2D eigenvalue weighted by Crippen LogP contribution is 2.38. The molecule has 0 unspecified atom stereocenters. The number of carbonyl (C=O) groups is 3. The molecule has 3 aromatic rings. The minimum atomic E-state index is -0.507. The quantitative estimate of drug-likeness (QED) is 0.188. The molecule has 0 saturated carbocycles. The van der Waals surface area contributed by atoms with Gasteiger partial charge in [-0.15, -0.1) is 0 Å². The number of carbonyl (C=O) groups excluding carboxylic acids is 3. The summed E-state index contributed by atoms with van der Waals surface area (Å²) < 4.78 is 16.6. The van der Waals surface area contributed by atoms with E-state index in [9.17, 15) is 14.4 Å². The molecule has 9 heteroatoms. The van der Waals surface area contributed by atoms with Crippen molar-refractivity contribution < 1.29 is 28.6 Å². The molecule has 35 heavy (non-hydrogen) atoms. The first-order valence-corrected chi connectivity index (χ1v) is 12.7. The monoisotopic (exact) mass is 603 g/mol. The fourth-order valence-electron chi connectivity index (χ4n) is 3.65. The van der Waals surface area contributed by atoms with Gasteiger partial charge in [-0.1, -0.05) is 42.5 Å². The summed E-state index contributed by atoms with van der Waals surface area (Å²) in [6.45, 7) is 2.17. The van der Waals surface area contributed by atoms with Crippen LogP contribution in [0.15, 0.2) is 59.5 Å². The number of methoxy groups -OCH3 is 1. The molecule has 4 rings (SSSR count). The Balaban J connectivity index is 1.59. The van der Waals surface area contributed by atoms with E-state index in [0.29, 0.717) is 32.1 Å². The molecular weight excluding hydrogens is 581 g/mol. The number of nitrogens with zero attached hydrogens (tertiary/aromatic N) is 1. The maximum atomic E-state index is 13.1. The number of benzene rings is 3. The highest BCUT2D eigenvalue weighted by Gasteiger charge is 2.35. The topological polar surface area (TPSA) is 82.1 Å². The van der Waals surface area contributed by atoms with Crippen LogP contribution in [0.25, 0.3) is 16.8 Å². The van der Waals surface area contributed by atoms with Crippen LogP contribution in [0.4, 0.5) is 4.79 Å². The van der Waals surface area contributed by atoms with Crippen LogP contribution in [-0.4, -0.2) is 42.3 Å². The Morgan fingerprint density at radius 2 is 1.86 bits per heavy atom. The van der Waals surface area contributed by atoms with Gasteiger partial charge in [0.25, 0.3) is 11.1 Å². The van der Waals surface area contributed by atoms with Crippen molar-refractivity contribution in [2.75, 3.05) is 20.3 Å². The lowest BCUT2D eigenvalue weighted by atomic mass is 10.0. The van der Waals surface area contributed by atoms with Crippen LogP contribution in [0.3, 0.4) is 0 Å². The number of hydrogen-bond acceptors (Lipinski definition) is 7. The van der Waals surface area contributed by atoms with Gasteiger partial charge in [0.05, 0.1) is 28.7 Å².